The number of hydrogen-bond acceptors (Lipinski definition) is 4. The SMILES string of the molecule is O=C(O)c1ccccc1C1(O)c2ccc(-c3ccccc3)c1c2[N+](=O)[O-]. The van der Waals surface area contributed by atoms with E-state index in [9.17, 15) is 25.1 Å². The number of carboxylic acids is 1. The number of nitro groups is 1. The third kappa shape index (κ3) is 1.99. The van der Waals surface area contributed by atoms with Crippen molar-refractivity contribution in [1.82, 2.24) is 0 Å². The smallest absolute Gasteiger partial charge is 0.336 e. The van der Waals surface area contributed by atoms with Crippen molar-refractivity contribution in [3.05, 3.63) is 110 Å². The van der Waals surface area contributed by atoms with Gasteiger partial charge in [-0.2, -0.15) is 0 Å². The Morgan fingerprint density at radius 2 is 1.65 bits per heavy atom. The quantitative estimate of drug-likeness (QED) is 0.654. The van der Waals surface area contributed by atoms with E-state index in [0.717, 1.165) is 0 Å². The molecule has 2 aliphatic carbocycles. The molecular formula is C20H13NO5. The van der Waals surface area contributed by atoms with Gasteiger partial charge in [0.25, 0.3) is 5.70 Å². The highest BCUT2D eigenvalue weighted by molar-refractivity contribution is 5.96. The number of carbonyl (C=O) groups is 1. The van der Waals surface area contributed by atoms with Gasteiger partial charge in [-0.05, 0) is 23.3 Å². The molecule has 128 valence electrons. The lowest BCUT2D eigenvalue weighted by molar-refractivity contribution is -0.429. The minimum absolute atomic E-state index is 0.0879. The van der Waals surface area contributed by atoms with E-state index in [2.05, 4.69) is 0 Å². The number of nitrogens with zero attached hydrogens (tertiary/aromatic N) is 1. The molecule has 0 aliphatic heterocycles. The molecular weight excluding hydrogens is 334 g/mol. The first kappa shape index (κ1) is 16.0. The lowest BCUT2D eigenvalue weighted by Gasteiger charge is -2.43. The van der Waals surface area contributed by atoms with E-state index >= 15 is 0 Å². The van der Waals surface area contributed by atoms with Crippen LogP contribution in [0.2, 0.25) is 0 Å². The van der Waals surface area contributed by atoms with Gasteiger partial charge in [-0.1, -0.05) is 54.6 Å². The first-order valence-corrected chi connectivity index (χ1v) is 7.89. The Kier molecular flexibility index (Phi) is 3.38. The van der Waals surface area contributed by atoms with Crippen molar-refractivity contribution in [2.75, 3.05) is 0 Å². The van der Waals surface area contributed by atoms with E-state index in [0.29, 0.717) is 11.1 Å². The second-order valence-electron chi connectivity index (χ2n) is 6.07. The van der Waals surface area contributed by atoms with Crippen molar-refractivity contribution < 1.29 is 19.9 Å². The molecule has 0 spiro atoms. The van der Waals surface area contributed by atoms with Crippen LogP contribution in [0.3, 0.4) is 0 Å². The van der Waals surface area contributed by atoms with Crippen molar-refractivity contribution >= 4 is 11.5 Å². The number of allylic oxidation sites excluding steroid dienone is 2. The molecule has 0 heterocycles. The summed E-state index contributed by atoms with van der Waals surface area (Å²) in [6.45, 7) is 0. The predicted molar refractivity (Wildman–Crippen MR) is 93.8 cm³/mol. The summed E-state index contributed by atoms with van der Waals surface area (Å²) in [6.07, 6.45) is 3.21. The van der Waals surface area contributed by atoms with Gasteiger partial charge in [0.15, 0.2) is 5.60 Å². The maximum atomic E-state index is 11.6. The predicted octanol–water partition coefficient (Wildman–Crippen LogP) is 3.14. The number of benzene rings is 2. The molecule has 1 unspecified atom stereocenters. The Morgan fingerprint density at radius 1 is 1.00 bits per heavy atom. The largest absolute Gasteiger partial charge is 0.478 e. The monoisotopic (exact) mass is 347 g/mol. The van der Waals surface area contributed by atoms with Crippen LogP contribution >= 0.6 is 0 Å². The van der Waals surface area contributed by atoms with Gasteiger partial charge >= 0.3 is 5.97 Å². The molecule has 1 atom stereocenters. The summed E-state index contributed by atoms with van der Waals surface area (Å²) < 4.78 is 0. The summed E-state index contributed by atoms with van der Waals surface area (Å²) >= 11 is 0. The van der Waals surface area contributed by atoms with Gasteiger partial charge in [-0.15, -0.1) is 0 Å². The van der Waals surface area contributed by atoms with E-state index in [1.807, 2.05) is 6.07 Å². The van der Waals surface area contributed by atoms with Crippen molar-refractivity contribution in [2.24, 2.45) is 0 Å². The summed E-state index contributed by atoms with van der Waals surface area (Å²) in [5.74, 6) is -1.20. The van der Waals surface area contributed by atoms with E-state index in [4.69, 9.17) is 0 Å². The molecule has 0 saturated carbocycles. The first-order valence-electron chi connectivity index (χ1n) is 7.89. The maximum absolute atomic E-state index is 11.6. The van der Waals surface area contributed by atoms with Crippen molar-refractivity contribution in [3.63, 3.8) is 0 Å². The molecule has 2 bridgehead atoms. The fourth-order valence-corrected chi connectivity index (χ4v) is 3.63. The van der Waals surface area contributed by atoms with Gasteiger partial charge in [-0.3, -0.25) is 10.1 Å². The molecule has 0 fully saturated rings. The van der Waals surface area contributed by atoms with Crippen molar-refractivity contribution in [2.45, 2.75) is 5.60 Å². The number of aromatic carboxylic acids is 1. The number of fused-ring (bicyclic) bond motifs is 2. The summed E-state index contributed by atoms with van der Waals surface area (Å²) in [4.78, 5) is 22.6. The average molecular weight is 347 g/mol. The molecule has 6 heteroatoms. The van der Waals surface area contributed by atoms with Gasteiger partial charge in [0.2, 0.25) is 0 Å². The molecule has 2 aromatic rings. The van der Waals surface area contributed by atoms with Crippen molar-refractivity contribution in [3.8, 4) is 0 Å². The van der Waals surface area contributed by atoms with Gasteiger partial charge in [0.1, 0.15) is 0 Å². The Hall–Kier alpha value is -3.51. The summed E-state index contributed by atoms with van der Waals surface area (Å²) in [5.41, 5.74) is -0.508. The third-order valence-corrected chi connectivity index (χ3v) is 4.74. The normalized spacial score (nSPS) is 20.8. The minimum Gasteiger partial charge on any atom is -0.478 e. The van der Waals surface area contributed by atoms with Crippen LogP contribution < -0.4 is 0 Å². The highest BCUT2D eigenvalue weighted by Crippen LogP contribution is 2.58. The Bertz CT molecular complexity index is 1050. The Labute approximate surface area is 148 Å². The fourth-order valence-electron chi connectivity index (χ4n) is 3.63. The van der Waals surface area contributed by atoms with E-state index in [-0.39, 0.29) is 28.0 Å². The second kappa shape index (κ2) is 5.50. The lowest BCUT2D eigenvalue weighted by Crippen LogP contribution is -2.46. The van der Waals surface area contributed by atoms with Crippen LogP contribution in [-0.2, 0) is 5.60 Å². The molecule has 26 heavy (non-hydrogen) atoms. The van der Waals surface area contributed by atoms with Gasteiger partial charge < -0.3 is 10.2 Å². The molecule has 0 radical (unpaired) electrons. The van der Waals surface area contributed by atoms with Crippen molar-refractivity contribution in [1.29, 1.82) is 0 Å². The van der Waals surface area contributed by atoms with E-state index < -0.39 is 16.5 Å². The summed E-state index contributed by atoms with van der Waals surface area (Å²) in [5, 5.41) is 32.4. The zero-order valence-corrected chi connectivity index (χ0v) is 13.4. The number of aliphatic hydroxyl groups is 1. The molecule has 2 aromatic carbocycles. The number of rotatable bonds is 4. The topological polar surface area (TPSA) is 101 Å². The van der Waals surface area contributed by atoms with Crippen LogP contribution in [0.1, 0.15) is 21.5 Å². The van der Waals surface area contributed by atoms with Gasteiger partial charge in [0, 0.05) is 5.56 Å². The maximum Gasteiger partial charge on any atom is 0.336 e. The molecule has 0 saturated heterocycles. The van der Waals surface area contributed by atoms with E-state index in [1.54, 1.807) is 42.5 Å². The molecule has 2 aliphatic rings. The minimum atomic E-state index is -1.82. The van der Waals surface area contributed by atoms with Crippen LogP contribution in [0.25, 0.3) is 5.57 Å². The molecule has 4 rings (SSSR count). The molecule has 2 N–H and O–H groups in total. The van der Waals surface area contributed by atoms with Gasteiger partial charge in [-0.25, -0.2) is 4.79 Å². The zero-order chi connectivity index (χ0) is 18.5. The highest BCUT2D eigenvalue weighted by Gasteiger charge is 2.60. The summed E-state index contributed by atoms with van der Waals surface area (Å²) in [7, 11) is 0. The highest BCUT2D eigenvalue weighted by atomic mass is 16.6. The fraction of sp³-hybridized carbons (Fsp3) is 0.0500. The molecule has 0 aromatic heterocycles. The average Bonchev–Trinajstić information content (AvgIpc) is 2.66. The standard InChI is InChI=1S/C20H13NO5/c22-19(23)14-8-4-5-9-15(14)20(24)16-11-10-13(12-6-2-1-3-7-12)17(20)18(16)21(25)26/h1-11,24H,(H,22,23). The number of carboxylic acid groups (broad SMARTS) is 1. The van der Waals surface area contributed by atoms with Crippen LogP contribution in [0.15, 0.2) is 83.6 Å². The molecule has 6 nitrogen and oxygen atoms in total. The molecule has 0 amide bonds. The lowest BCUT2D eigenvalue weighted by atomic mass is 9.61. The van der Waals surface area contributed by atoms with Crippen LogP contribution in [0.4, 0.5) is 0 Å². The first-order chi connectivity index (χ1) is 12.5. The van der Waals surface area contributed by atoms with Crippen LogP contribution in [-0.4, -0.2) is 21.1 Å². The van der Waals surface area contributed by atoms with Crippen LogP contribution in [0.5, 0.6) is 0 Å². The van der Waals surface area contributed by atoms with E-state index in [1.165, 1.54) is 18.2 Å². The Morgan fingerprint density at radius 3 is 2.31 bits per heavy atom. The summed E-state index contributed by atoms with van der Waals surface area (Å²) in [6, 6.07) is 15.0. The van der Waals surface area contributed by atoms with Crippen LogP contribution in [0, 0.1) is 10.1 Å². The third-order valence-electron chi connectivity index (χ3n) is 4.74. The number of hydrogen-bond donors (Lipinski definition) is 2. The zero-order valence-electron chi connectivity index (χ0n) is 13.4. The Balaban J connectivity index is 1.97. The second-order valence-corrected chi connectivity index (χ2v) is 6.07. The van der Waals surface area contributed by atoms with Gasteiger partial charge in [0.05, 0.1) is 21.6 Å².